The molecule has 0 aliphatic heterocycles. The van der Waals surface area contributed by atoms with Crippen LogP contribution in [-0.4, -0.2) is 30.2 Å². The first kappa shape index (κ1) is 11.8. The molecule has 0 aromatic carbocycles. The van der Waals surface area contributed by atoms with Crippen LogP contribution in [0.3, 0.4) is 0 Å². The first-order valence-electron chi connectivity index (χ1n) is 3.91. The highest BCUT2D eigenvalue weighted by atomic mass is 19.1. The molecule has 2 unspecified atom stereocenters. The SMILES string of the molecule is CCOC(=O)C(F)C(C)C[N+](=O)[O-]. The van der Waals surface area contributed by atoms with Gasteiger partial charge in [0, 0.05) is 4.92 Å². The second-order valence-corrected chi connectivity index (χ2v) is 2.65. The second kappa shape index (κ2) is 5.45. The molecule has 0 aromatic heterocycles. The maximum atomic E-state index is 13.0. The zero-order valence-electron chi connectivity index (χ0n) is 7.53. The summed E-state index contributed by atoms with van der Waals surface area (Å²) in [6, 6.07) is 0. The van der Waals surface area contributed by atoms with E-state index < -0.39 is 29.5 Å². The highest BCUT2D eigenvalue weighted by molar-refractivity contribution is 5.74. The van der Waals surface area contributed by atoms with Gasteiger partial charge in [0.25, 0.3) is 0 Å². The quantitative estimate of drug-likeness (QED) is 0.368. The average Bonchev–Trinajstić information content (AvgIpc) is 2.02. The fourth-order valence-corrected chi connectivity index (χ4v) is 0.782. The van der Waals surface area contributed by atoms with Crippen molar-refractivity contribution in [1.29, 1.82) is 0 Å². The molecule has 0 amide bonds. The maximum absolute atomic E-state index is 13.0. The molecule has 0 rings (SSSR count). The maximum Gasteiger partial charge on any atom is 0.341 e. The highest BCUT2D eigenvalue weighted by Gasteiger charge is 2.29. The van der Waals surface area contributed by atoms with Crippen LogP contribution in [0.25, 0.3) is 0 Å². The summed E-state index contributed by atoms with van der Waals surface area (Å²) >= 11 is 0. The van der Waals surface area contributed by atoms with Gasteiger partial charge in [-0.1, -0.05) is 6.92 Å². The van der Waals surface area contributed by atoms with Crippen molar-refractivity contribution < 1.29 is 18.8 Å². The molecule has 0 aromatic rings. The van der Waals surface area contributed by atoms with Crippen molar-refractivity contribution in [1.82, 2.24) is 0 Å². The van der Waals surface area contributed by atoms with Crippen molar-refractivity contribution in [3.63, 3.8) is 0 Å². The van der Waals surface area contributed by atoms with Crippen LogP contribution in [-0.2, 0) is 9.53 Å². The number of halogens is 1. The van der Waals surface area contributed by atoms with E-state index in [2.05, 4.69) is 4.74 Å². The number of carbonyl (C=O) groups excluding carboxylic acids is 1. The van der Waals surface area contributed by atoms with Gasteiger partial charge in [0.2, 0.25) is 12.7 Å². The van der Waals surface area contributed by atoms with Gasteiger partial charge in [-0.05, 0) is 6.92 Å². The Morgan fingerprint density at radius 1 is 1.69 bits per heavy atom. The van der Waals surface area contributed by atoms with E-state index in [1.54, 1.807) is 6.92 Å². The average molecular weight is 193 g/mol. The molecular formula is C7H12FNO4. The Morgan fingerprint density at radius 3 is 2.62 bits per heavy atom. The number of ether oxygens (including phenoxy) is 1. The number of esters is 1. The second-order valence-electron chi connectivity index (χ2n) is 2.65. The van der Waals surface area contributed by atoms with Crippen molar-refractivity contribution in [3.05, 3.63) is 10.1 Å². The van der Waals surface area contributed by atoms with E-state index in [9.17, 15) is 19.3 Å². The Bertz CT molecular complexity index is 197. The molecule has 0 fully saturated rings. The third-order valence-electron chi connectivity index (χ3n) is 1.45. The molecule has 0 radical (unpaired) electrons. The van der Waals surface area contributed by atoms with Crippen molar-refractivity contribution >= 4 is 5.97 Å². The number of nitro groups is 1. The number of hydrogen-bond donors (Lipinski definition) is 0. The molecule has 0 bridgehead atoms. The van der Waals surface area contributed by atoms with Gasteiger partial charge in [0.1, 0.15) is 0 Å². The first-order valence-corrected chi connectivity index (χ1v) is 3.91. The Balaban J connectivity index is 4.00. The van der Waals surface area contributed by atoms with Crippen LogP contribution in [0.5, 0.6) is 0 Å². The van der Waals surface area contributed by atoms with Gasteiger partial charge in [-0.25, -0.2) is 9.18 Å². The molecule has 76 valence electrons. The summed E-state index contributed by atoms with van der Waals surface area (Å²) in [5, 5.41) is 9.98. The summed E-state index contributed by atoms with van der Waals surface area (Å²) in [6.07, 6.45) is -1.91. The van der Waals surface area contributed by atoms with E-state index in [-0.39, 0.29) is 6.61 Å². The molecule has 0 saturated carbocycles. The van der Waals surface area contributed by atoms with E-state index >= 15 is 0 Å². The molecule has 0 N–H and O–H groups in total. The summed E-state index contributed by atoms with van der Waals surface area (Å²) in [5.74, 6) is -1.98. The fourth-order valence-electron chi connectivity index (χ4n) is 0.782. The Kier molecular flexibility index (Phi) is 4.94. The summed E-state index contributed by atoms with van der Waals surface area (Å²) in [6.45, 7) is 2.34. The molecule has 2 atom stereocenters. The summed E-state index contributed by atoms with van der Waals surface area (Å²) in [4.78, 5) is 20.1. The van der Waals surface area contributed by atoms with Gasteiger partial charge >= 0.3 is 5.97 Å². The zero-order chi connectivity index (χ0) is 10.4. The third kappa shape index (κ3) is 4.39. The monoisotopic (exact) mass is 193 g/mol. The number of rotatable bonds is 5. The molecular weight excluding hydrogens is 181 g/mol. The van der Waals surface area contributed by atoms with E-state index in [0.29, 0.717) is 0 Å². The van der Waals surface area contributed by atoms with Crippen LogP contribution in [0, 0.1) is 16.0 Å². The summed E-state index contributed by atoms with van der Waals surface area (Å²) in [5.41, 5.74) is 0. The normalized spacial score (nSPS) is 14.7. The molecule has 5 nitrogen and oxygen atoms in total. The van der Waals surface area contributed by atoms with Gasteiger partial charge in [-0.2, -0.15) is 0 Å². The Hall–Kier alpha value is -1.20. The van der Waals surface area contributed by atoms with E-state index in [1.165, 1.54) is 6.92 Å². The molecule has 0 aliphatic rings. The van der Waals surface area contributed by atoms with Crippen molar-refractivity contribution in [2.24, 2.45) is 5.92 Å². The molecule has 0 aliphatic carbocycles. The lowest BCUT2D eigenvalue weighted by Crippen LogP contribution is -2.30. The standard InChI is InChI=1S/C7H12FNO4/c1-3-13-7(10)6(8)5(2)4-9(11)12/h5-6H,3-4H2,1-2H3. The molecule has 0 saturated heterocycles. The smallest absolute Gasteiger partial charge is 0.341 e. The Labute approximate surface area is 75.0 Å². The largest absolute Gasteiger partial charge is 0.464 e. The predicted octanol–water partition coefficient (Wildman–Crippen LogP) is 0.800. The van der Waals surface area contributed by atoms with Gasteiger partial charge in [0.15, 0.2) is 0 Å². The predicted molar refractivity (Wildman–Crippen MR) is 42.6 cm³/mol. The summed E-state index contributed by atoms with van der Waals surface area (Å²) < 4.78 is 17.3. The lowest BCUT2D eigenvalue weighted by Gasteiger charge is -2.10. The molecule has 0 spiro atoms. The molecule has 0 heterocycles. The minimum atomic E-state index is -1.91. The van der Waals surface area contributed by atoms with Crippen molar-refractivity contribution in [3.8, 4) is 0 Å². The minimum Gasteiger partial charge on any atom is -0.464 e. The number of hydrogen-bond acceptors (Lipinski definition) is 4. The number of carbonyl (C=O) groups is 1. The van der Waals surface area contributed by atoms with E-state index in [4.69, 9.17) is 0 Å². The number of alkyl halides is 1. The van der Waals surface area contributed by atoms with Crippen LogP contribution in [0.4, 0.5) is 4.39 Å². The van der Waals surface area contributed by atoms with Crippen LogP contribution < -0.4 is 0 Å². The lowest BCUT2D eigenvalue weighted by atomic mass is 10.1. The van der Waals surface area contributed by atoms with Gasteiger partial charge < -0.3 is 4.74 Å². The molecule has 6 heteroatoms. The minimum absolute atomic E-state index is 0.0738. The highest BCUT2D eigenvalue weighted by Crippen LogP contribution is 2.09. The van der Waals surface area contributed by atoms with Crippen molar-refractivity contribution in [2.75, 3.05) is 13.2 Å². The van der Waals surface area contributed by atoms with Gasteiger partial charge in [-0.15, -0.1) is 0 Å². The lowest BCUT2D eigenvalue weighted by molar-refractivity contribution is -0.488. The van der Waals surface area contributed by atoms with E-state index in [0.717, 1.165) is 0 Å². The topological polar surface area (TPSA) is 69.4 Å². The van der Waals surface area contributed by atoms with E-state index in [1.807, 2.05) is 0 Å². The summed E-state index contributed by atoms with van der Waals surface area (Å²) in [7, 11) is 0. The van der Waals surface area contributed by atoms with Crippen molar-refractivity contribution in [2.45, 2.75) is 20.0 Å². The van der Waals surface area contributed by atoms with Gasteiger partial charge in [-0.3, -0.25) is 10.1 Å². The fraction of sp³-hybridized carbons (Fsp3) is 0.857. The first-order chi connectivity index (χ1) is 5.99. The third-order valence-corrected chi connectivity index (χ3v) is 1.45. The van der Waals surface area contributed by atoms with Crippen LogP contribution in [0.1, 0.15) is 13.8 Å². The molecule has 13 heavy (non-hydrogen) atoms. The van der Waals surface area contributed by atoms with Crippen LogP contribution >= 0.6 is 0 Å². The number of nitrogens with zero attached hydrogens (tertiary/aromatic N) is 1. The van der Waals surface area contributed by atoms with Gasteiger partial charge in [0.05, 0.1) is 12.5 Å². The zero-order valence-corrected chi connectivity index (χ0v) is 7.53. The van der Waals surface area contributed by atoms with Crippen LogP contribution in [0.2, 0.25) is 0 Å². The van der Waals surface area contributed by atoms with Crippen LogP contribution in [0.15, 0.2) is 0 Å². The Morgan fingerprint density at radius 2 is 2.23 bits per heavy atom.